The minimum Gasteiger partial charge on any atom is -0.360 e. The molecule has 0 aliphatic rings. The third-order valence-electron chi connectivity index (χ3n) is 2.69. The van der Waals surface area contributed by atoms with Crippen molar-refractivity contribution in [3.05, 3.63) is 33.7 Å². The molecule has 0 aliphatic carbocycles. The minimum absolute atomic E-state index is 0.0926. The maximum Gasteiger partial charge on any atom is 0.239 e. The fraction of sp³-hybridized carbons (Fsp3) is 0.385. The zero-order valence-corrected chi connectivity index (χ0v) is 12.1. The molecule has 0 spiro atoms. The first-order valence-electron chi connectivity index (χ1n) is 5.99. The summed E-state index contributed by atoms with van der Waals surface area (Å²) in [4.78, 5) is 15.1. The van der Waals surface area contributed by atoms with Crippen LogP contribution in [-0.4, -0.2) is 29.6 Å². The molecule has 2 aromatic rings. The molecule has 0 fully saturated rings. The summed E-state index contributed by atoms with van der Waals surface area (Å²) >= 11 is 1.71. The molecule has 0 unspecified atom stereocenters. The number of nitrogens with zero attached hydrogens (tertiary/aromatic N) is 2. The van der Waals surface area contributed by atoms with Crippen LogP contribution >= 0.6 is 11.3 Å². The van der Waals surface area contributed by atoms with Gasteiger partial charge < -0.3 is 9.84 Å². The zero-order chi connectivity index (χ0) is 13.8. The molecule has 6 heteroatoms. The van der Waals surface area contributed by atoms with Gasteiger partial charge in [0.25, 0.3) is 0 Å². The first-order valence-corrected chi connectivity index (χ1v) is 6.87. The molecule has 0 aromatic carbocycles. The van der Waals surface area contributed by atoms with E-state index in [4.69, 9.17) is 4.52 Å². The molecule has 0 saturated carbocycles. The van der Waals surface area contributed by atoms with Crippen molar-refractivity contribution in [1.82, 2.24) is 10.1 Å². The van der Waals surface area contributed by atoms with Crippen LogP contribution in [0.25, 0.3) is 0 Å². The summed E-state index contributed by atoms with van der Waals surface area (Å²) in [6, 6.07) is 3.79. The Hall–Kier alpha value is -1.66. The SMILES string of the molecule is Cc1cc(NC(=O)CN(C)Cc2sccc2C)no1. The monoisotopic (exact) mass is 279 g/mol. The maximum absolute atomic E-state index is 11.8. The van der Waals surface area contributed by atoms with Gasteiger partial charge in [-0.05, 0) is 37.9 Å². The van der Waals surface area contributed by atoms with Gasteiger partial charge in [0.2, 0.25) is 5.91 Å². The van der Waals surface area contributed by atoms with Crippen LogP contribution in [0.2, 0.25) is 0 Å². The van der Waals surface area contributed by atoms with E-state index in [9.17, 15) is 4.79 Å². The zero-order valence-electron chi connectivity index (χ0n) is 11.3. The number of hydrogen-bond acceptors (Lipinski definition) is 5. The van der Waals surface area contributed by atoms with Gasteiger partial charge in [0.05, 0.1) is 6.54 Å². The lowest BCUT2D eigenvalue weighted by Gasteiger charge is -2.15. The van der Waals surface area contributed by atoms with Gasteiger partial charge in [0.1, 0.15) is 5.76 Å². The van der Waals surface area contributed by atoms with Crippen LogP contribution in [0.4, 0.5) is 5.82 Å². The van der Waals surface area contributed by atoms with Crippen LogP contribution in [0.3, 0.4) is 0 Å². The Morgan fingerprint density at radius 2 is 2.32 bits per heavy atom. The summed E-state index contributed by atoms with van der Waals surface area (Å²) in [5.74, 6) is 1.05. The summed E-state index contributed by atoms with van der Waals surface area (Å²) in [5.41, 5.74) is 1.27. The van der Waals surface area contributed by atoms with E-state index in [0.29, 0.717) is 18.1 Å². The molecule has 0 atom stereocenters. The second kappa shape index (κ2) is 5.99. The lowest BCUT2D eigenvalue weighted by molar-refractivity contribution is -0.117. The number of thiophene rings is 1. The second-order valence-electron chi connectivity index (χ2n) is 4.57. The van der Waals surface area contributed by atoms with Gasteiger partial charge in [-0.1, -0.05) is 5.16 Å². The molecule has 5 nitrogen and oxygen atoms in total. The molecular formula is C13H17N3O2S. The second-order valence-corrected chi connectivity index (χ2v) is 5.57. The van der Waals surface area contributed by atoms with Crippen molar-refractivity contribution in [3.8, 4) is 0 Å². The average Bonchev–Trinajstić information content (AvgIpc) is 2.89. The van der Waals surface area contributed by atoms with Crippen LogP contribution in [0.15, 0.2) is 22.0 Å². The molecule has 0 aliphatic heterocycles. The molecule has 1 N–H and O–H groups in total. The van der Waals surface area contributed by atoms with Crippen molar-refractivity contribution in [2.24, 2.45) is 0 Å². The Balaban J connectivity index is 1.83. The molecule has 102 valence electrons. The van der Waals surface area contributed by atoms with E-state index in [0.717, 1.165) is 6.54 Å². The number of rotatable bonds is 5. The Morgan fingerprint density at radius 3 is 2.89 bits per heavy atom. The van der Waals surface area contributed by atoms with Gasteiger partial charge in [0.15, 0.2) is 5.82 Å². The number of aromatic nitrogens is 1. The lowest BCUT2D eigenvalue weighted by atomic mass is 10.3. The average molecular weight is 279 g/mol. The predicted octanol–water partition coefficient (Wildman–Crippen LogP) is 2.42. The highest BCUT2D eigenvalue weighted by atomic mass is 32.1. The highest BCUT2D eigenvalue weighted by Crippen LogP contribution is 2.17. The van der Waals surface area contributed by atoms with E-state index < -0.39 is 0 Å². The van der Waals surface area contributed by atoms with Gasteiger partial charge >= 0.3 is 0 Å². The molecule has 2 heterocycles. The number of anilines is 1. The Bertz CT molecular complexity index is 562. The first-order chi connectivity index (χ1) is 9.04. The normalized spacial score (nSPS) is 10.9. The van der Waals surface area contributed by atoms with Crippen LogP contribution in [0, 0.1) is 13.8 Å². The third kappa shape index (κ3) is 3.90. The number of carbonyl (C=O) groups excluding carboxylic acids is 1. The number of nitrogens with one attached hydrogen (secondary N) is 1. The van der Waals surface area contributed by atoms with Gasteiger partial charge in [-0.3, -0.25) is 9.69 Å². The number of carbonyl (C=O) groups is 1. The van der Waals surface area contributed by atoms with Crippen molar-refractivity contribution < 1.29 is 9.32 Å². The van der Waals surface area contributed by atoms with Crippen LogP contribution in [-0.2, 0) is 11.3 Å². The van der Waals surface area contributed by atoms with Gasteiger partial charge in [0, 0.05) is 17.5 Å². The molecule has 0 saturated heterocycles. The quantitative estimate of drug-likeness (QED) is 0.913. The Labute approximate surface area is 116 Å². The van der Waals surface area contributed by atoms with Crippen LogP contribution in [0.5, 0.6) is 0 Å². The smallest absolute Gasteiger partial charge is 0.239 e. The van der Waals surface area contributed by atoms with E-state index >= 15 is 0 Å². The summed E-state index contributed by atoms with van der Waals surface area (Å²) in [6.45, 7) is 4.96. The van der Waals surface area contributed by atoms with Crippen LogP contribution < -0.4 is 5.32 Å². The number of hydrogen-bond donors (Lipinski definition) is 1. The van der Waals surface area contributed by atoms with E-state index in [1.165, 1.54) is 10.4 Å². The molecule has 2 aromatic heterocycles. The maximum atomic E-state index is 11.8. The molecule has 2 rings (SSSR count). The fourth-order valence-electron chi connectivity index (χ4n) is 1.72. The van der Waals surface area contributed by atoms with Gasteiger partial charge in [-0.25, -0.2) is 0 Å². The summed E-state index contributed by atoms with van der Waals surface area (Å²) < 4.78 is 4.89. The number of likely N-dealkylation sites (N-methyl/N-ethyl adjacent to an activating group) is 1. The van der Waals surface area contributed by atoms with Crippen LogP contribution in [0.1, 0.15) is 16.2 Å². The molecular weight excluding hydrogens is 262 g/mol. The highest BCUT2D eigenvalue weighted by molar-refractivity contribution is 7.10. The summed E-state index contributed by atoms with van der Waals surface area (Å²) in [7, 11) is 1.92. The Morgan fingerprint density at radius 1 is 1.53 bits per heavy atom. The van der Waals surface area contributed by atoms with E-state index in [2.05, 4.69) is 28.8 Å². The van der Waals surface area contributed by atoms with Crippen molar-refractivity contribution in [1.29, 1.82) is 0 Å². The van der Waals surface area contributed by atoms with E-state index in [-0.39, 0.29) is 5.91 Å². The fourth-order valence-corrected chi connectivity index (χ4v) is 2.71. The number of amides is 1. The van der Waals surface area contributed by atoms with Crippen molar-refractivity contribution in [3.63, 3.8) is 0 Å². The van der Waals surface area contributed by atoms with E-state index in [1.54, 1.807) is 24.3 Å². The topological polar surface area (TPSA) is 58.4 Å². The lowest BCUT2D eigenvalue weighted by Crippen LogP contribution is -2.29. The van der Waals surface area contributed by atoms with Gasteiger partial charge in [-0.15, -0.1) is 11.3 Å². The van der Waals surface area contributed by atoms with Crippen molar-refractivity contribution in [2.75, 3.05) is 18.9 Å². The van der Waals surface area contributed by atoms with Gasteiger partial charge in [-0.2, -0.15) is 0 Å². The first kappa shape index (κ1) is 13.8. The van der Waals surface area contributed by atoms with Crippen molar-refractivity contribution >= 4 is 23.1 Å². The van der Waals surface area contributed by atoms with E-state index in [1.807, 2.05) is 11.9 Å². The Kier molecular flexibility index (Phi) is 4.34. The molecule has 19 heavy (non-hydrogen) atoms. The largest absolute Gasteiger partial charge is 0.360 e. The summed E-state index contributed by atoms with van der Waals surface area (Å²) in [5, 5.41) is 8.50. The number of aryl methyl sites for hydroxylation is 2. The summed E-state index contributed by atoms with van der Waals surface area (Å²) in [6.07, 6.45) is 0. The van der Waals surface area contributed by atoms with Crippen molar-refractivity contribution in [2.45, 2.75) is 20.4 Å². The molecule has 0 bridgehead atoms. The standard InChI is InChI=1S/C13H17N3O2S/c1-9-4-5-19-11(9)7-16(3)8-13(17)14-12-6-10(2)18-15-12/h4-6H,7-8H2,1-3H3,(H,14,15,17). The molecule has 0 radical (unpaired) electrons. The predicted molar refractivity (Wildman–Crippen MR) is 75.3 cm³/mol. The molecule has 1 amide bonds. The highest BCUT2D eigenvalue weighted by Gasteiger charge is 2.11. The third-order valence-corrected chi connectivity index (χ3v) is 3.70. The minimum atomic E-state index is -0.0926.